The third-order valence-corrected chi connectivity index (χ3v) is 12.3. The van der Waals surface area contributed by atoms with Crippen molar-refractivity contribution in [3.8, 4) is 0 Å². The summed E-state index contributed by atoms with van der Waals surface area (Å²) in [5, 5.41) is 0.259. The molecule has 0 heterocycles. The van der Waals surface area contributed by atoms with Crippen molar-refractivity contribution in [2.75, 3.05) is 7.11 Å². The predicted octanol–water partition coefficient (Wildman–Crippen LogP) is 5.96. The highest BCUT2D eigenvalue weighted by atomic mass is 28.4. The first kappa shape index (κ1) is 21.7. The van der Waals surface area contributed by atoms with E-state index in [4.69, 9.17) is 9.16 Å². The molecule has 2 aliphatic rings. The lowest BCUT2D eigenvalue weighted by Gasteiger charge is -2.49. The molecule has 3 nitrogen and oxygen atoms in total. The lowest BCUT2D eigenvalue weighted by molar-refractivity contribution is -0.134. The fourth-order valence-electron chi connectivity index (χ4n) is 5.15. The van der Waals surface area contributed by atoms with E-state index >= 15 is 0 Å². The second-order valence-corrected chi connectivity index (χ2v) is 15.1. The fraction of sp³-hybridized carbons (Fsp3) is 0.864. The molecule has 2 rings (SSSR count). The Kier molecular flexibility index (Phi) is 6.49. The molecule has 0 bridgehead atoms. The maximum Gasteiger partial charge on any atom is 0.330 e. The average Bonchev–Trinajstić information content (AvgIpc) is 2.89. The first-order valence-corrected chi connectivity index (χ1v) is 13.3. The molecule has 0 saturated heterocycles. The minimum atomic E-state index is -1.74. The van der Waals surface area contributed by atoms with Gasteiger partial charge in [-0.1, -0.05) is 47.1 Å². The van der Waals surface area contributed by atoms with E-state index in [1.165, 1.54) is 39.2 Å². The van der Waals surface area contributed by atoms with Crippen LogP contribution in [0.2, 0.25) is 18.1 Å². The summed E-state index contributed by atoms with van der Waals surface area (Å²) in [7, 11) is -0.306. The zero-order valence-corrected chi connectivity index (χ0v) is 19.2. The Morgan fingerprint density at radius 1 is 1.23 bits per heavy atom. The fourth-order valence-corrected chi connectivity index (χ4v) is 6.55. The molecule has 0 aliphatic heterocycles. The van der Waals surface area contributed by atoms with E-state index < -0.39 is 8.32 Å². The lowest BCUT2D eigenvalue weighted by atomic mass is 9.62. The monoisotopic (exact) mass is 380 g/mol. The van der Waals surface area contributed by atoms with Gasteiger partial charge in [-0.05, 0) is 67.0 Å². The van der Waals surface area contributed by atoms with Crippen LogP contribution in [-0.2, 0) is 14.0 Å². The molecule has 26 heavy (non-hydrogen) atoms. The summed E-state index contributed by atoms with van der Waals surface area (Å²) in [6.07, 6.45) is 10.3. The number of esters is 1. The second-order valence-electron chi connectivity index (χ2n) is 10.3. The molecule has 4 heteroatoms. The third-order valence-electron chi connectivity index (χ3n) is 7.76. The highest BCUT2D eigenvalue weighted by Crippen LogP contribution is 2.59. The van der Waals surface area contributed by atoms with Gasteiger partial charge in [-0.3, -0.25) is 0 Å². The molecule has 0 amide bonds. The molecular formula is C22H40O3Si. The Morgan fingerprint density at radius 2 is 1.88 bits per heavy atom. The highest BCUT2D eigenvalue weighted by Gasteiger charge is 2.54. The standard InChI is InChI=1S/C22H40O3Si/c1-16(11-14-20(23)24-6)17-12-13-18-19(10-9-15-22(17,18)5)25-26(7,8)21(2,3)4/h11,14,16-19H,9-10,12-13,15H2,1-8H3/t16-,17-,18+,19-,22-/m1/s1. The molecule has 0 N–H and O–H groups in total. The van der Waals surface area contributed by atoms with Crippen molar-refractivity contribution < 1.29 is 14.0 Å². The average molecular weight is 381 g/mol. The van der Waals surface area contributed by atoms with Crippen LogP contribution in [0.15, 0.2) is 12.2 Å². The minimum absolute atomic E-state index is 0.251. The Balaban J connectivity index is 2.15. The Labute approximate surface area is 162 Å². The van der Waals surface area contributed by atoms with E-state index in [0.717, 1.165) is 0 Å². The van der Waals surface area contributed by atoms with Gasteiger partial charge in [0.1, 0.15) is 0 Å². The van der Waals surface area contributed by atoms with Gasteiger partial charge in [0, 0.05) is 12.2 Å². The van der Waals surface area contributed by atoms with Crippen LogP contribution in [0.25, 0.3) is 0 Å². The van der Waals surface area contributed by atoms with Crippen molar-refractivity contribution >= 4 is 14.3 Å². The van der Waals surface area contributed by atoms with Crippen molar-refractivity contribution in [3.63, 3.8) is 0 Å². The summed E-state index contributed by atoms with van der Waals surface area (Å²) in [4.78, 5) is 11.5. The Bertz CT molecular complexity index is 534. The van der Waals surface area contributed by atoms with E-state index in [9.17, 15) is 4.79 Å². The predicted molar refractivity (Wildman–Crippen MR) is 111 cm³/mol. The summed E-state index contributed by atoms with van der Waals surface area (Å²) >= 11 is 0. The molecule has 150 valence electrons. The maximum absolute atomic E-state index is 11.5. The van der Waals surface area contributed by atoms with Crippen molar-refractivity contribution in [1.82, 2.24) is 0 Å². The third kappa shape index (κ3) is 4.27. The molecule has 0 aromatic rings. The van der Waals surface area contributed by atoms with Crippen LogP contribution in [-0.4, -0.2) is 27.5 Å². The number of methoxy groups -OCH3 is 1. The van der Waals surface area contributed by atoms with Crippen LogP contribution in [0, 0.1) is 23.2 Å². The van der Waals surface area contributed by atoms with Gasteiger partial charge < -0.3 is 9.16 Å². The number of allylic oxidation sites excluding steroid dienone is 1. The zero-order chi connectivity index (χ0) is 19.8. The van der Waals surface area contributed by atoms with Gasteiger partial charge in [0.25, 0.3) is 0 Å². The molecule has 2 fully saturated rings. The van der Waals surface area contributed by atoms with Crippen LogP contribution in [0.5, 0.6) is 0 Å². The maximum atomic E-state index is 11.5. The largest absolute Gasteiger partial charge is 0.466 e. The van der Waals surface area contributed by atoms with Crippen molar-refractivity contribution in [3.05, 3.63) is 12.2 Å². The first-order valence-electron chi connectivity index (χ1n) is 10.4. The van der Waals surface area contributed by atoms with Gasteiger partial charge in [-0.15, -0.1) is 0 Å². The number of carbonyl (C=O) groups is 1. The molecule has 0 radical (unpaired) electrons. The molecule has 0 aromatic heterocycles. The van der Waals surface area contributed by atoms with Crippen LogP contribution >= 0.6 is 0 Å². The zero-order valence-electron chi connectivity index (χ0n) is 18.2. The van der Waals surface area contributed by atoms with Gasteiger partial charge in [0.05, 0.1) is 7.11 Å². The van der Waals surface area contributed by atoms with Crippen molar-refractivity contribution in [1.29, 1.82) is 0 Å². The SMILES string of the molecule is COC(=O)C=C[C@@H](C)[C@H]1CC[C@H]2[C@H](O[Si](C)(C)C(C)(C)C)CCC[C@]12C. The molecule has 0 spiro atoms. The van der Waals surface area contributed by atoms with E-state index in [0.29, 0.717) is 29.3 Å². The molecular weight excluding hydrogens is 340 g/mol. The minimum Gasteiger partial charge on any atom is -0.466 e. The van der Waals surface area contributed by atoms with Crippen LogP contribution < -0.4 is 0 Å². The smallest absolute Gasteiger partial charge is 0.330 e. The van der Waals surface area contributed by atoms with Crippen molar-refractivity contribution in [2.24, 2.45) is 23.2 Å². The number of hydrogen-bond acceptors (Lipinski definition) is 3. The number of rotatable bonds is 5. The van der Waals surface area contributed by atoms with Gasteiger partial charge in [0.2, 0.25) is 0 Å². The second kappa shape index (κ2) is 7.79. The summed E-state index contributed by atoms with van der Waals surface area (Å²) in [5.41, 5.74) is 0.325. The number of fused-ring (bicyclic) bond motifs is 1. The summed E-state index contributed by atoms with van der Waals surface area (Å²) in [6.45, 7) is 16.5. The van der Waals surface area contributed by atoms with E-state index in [1.54, 1.807) is 6.08 Å². The summed E-state index contributed by atoms with van der Waals surface area (Å²) in [5.74, 6) is 1.43. The van der Waals surface area contributed by atoms with Crippen LogP contribution in [0.3, 0.4) is 0 Å². The Hall–Kier alpha value is -0.613. The van der Waals surface area contributed by atoms with Gasteiger partial charge >= 0.3 is 5.97 Å². The first-order chi connectivity index (χ1) is 11.9. The highest BCUT2D eigenvalue weighted by molar-refractivity contribution is 6.74. The number of hydrogen-bond donors (Lipinski definition) is 0. The summed E-state index contributed by atoms with van der Waals surface area (Å²) < 4.78 is 11.7. The van der Waals surface area contributed by atoms with Crippen molar-refractivity contribution in [2.45, 2.75) is 91.0 Å². The van der Waals surface area contributed by atoms with E-state index in [-0.39, 0.29) is 11.0 Å². The molecule has 0 unspecified atom stereocenters. The van der Waals surface area contributed by atoms with E-state index in [2.05, 4.69) is 53.8 Å². The topological polar surface area (TPSA) is 35.5 Å². The molecule has 2 aliphatic carbocycles. The normalized spacial score (nSPS) is 33.9. The van der Waals surface area contributed by atoms with Crippen LogP contribution in [0.4, 0.5) is 0 Å². The van der Waals surface area contributed by atoms with Gasteiger partial charge in [-0.25, -0.2) is 4.79 Å². The van der Waals surface area contributed by atoms with Crippen LogP contribution in [0.1, 0.15) is 66.7 Å². The van der Waals surface area contributed by atoms with E-state index in [1.807, 2.05) is 0 Å². The molecule has 5 atom stereocenters. The summed E-state index contributed by atoms with van der Waals surface area (Å²) in [6, 6.07) is 0. The Morgan fingerprint density at radius 3 is 2.46 bits per heavy atom. The number of carbonyl (C=O) groups excluding carboxylic acids is 1. The number of ether oxygens (including phenoxy) is 1. The van der Waals surface area contributed by atoms with Gasteiger partial charge in [0.15, 0.2) is 8.32 Å². The molecule has 2 saturated carbocycles. The molecule has 0 aromatic carbocycles. The quantitative estimate of drug-likeness (QED) is 0.335. The van der Waals surface area contributed by atoms with Gasteiger partial charge in [-0.2, -0.15) is 0 Å². The lowest BCUT2D eigenvalue weighted by Crippen LogP contribution is -2.50.